The van der Waals surface area contributed by atoms with Crippen LogP contribution < -0.4 is 0 Å². The molecule has 0 bridgehead atoms. The Balaban J connectivity index is 2.43. The second kappa shape index (κ2) is 3.08. The summed E-state index contributed by atoms with van der Waals surface area (Å²) in [5.41, 5.74) is 0. The number of carboxylic acid groups (broad SMARTS) is 1. The van der Waals surface area contributed by atoms with Gasteiger partial charge in [0.05, 0.1) is 6.54 Å². The summed E-state index contributed by atoms with van der Waals surface area (Å²) >= 11 is 0. The van der Waals surface area contributed by atoms with Gasteiger partial charge in [0, 0.05) is 25.2 Å². The third-order valence-electron chi connectivity index (χ3n) is 1.63. The number of aliphatic carboxylic acids is 1. The van der Waals surface area contributed by atoms with Crippen molar-refractivity contribution in [3.8, 4) is 0 Å². The number of rotatable bonds is 2. The van der Waals surface area contributed by atoms with Crippen molar-refractivity contribution in [3.63, 3.8) is 0 Å². The molecule has 12 heavy (non-hydrogen) atoms. The molecule has 0 radical (unpaired) electrons. The third-order valence-corrected chi connectivity index (χ3v) is 1.63. The van der Waals surface area contributed by atoms with Gasteiger partial charge in [-0.1, -0.05) is 0 Å². The summed E-state index contributed by atoms with van der Waals surface area (Å²) < 4.78 is 25.0. The molecule has 1 aliphatic rings. The van der Waals surface area contributed by atoms with Gasteiger partial charge in [-0.15, -0.1) is 0 Å². The minimum absolute atomic E-state index is 0.197. The number of hydrogen-bond acceptors (Lipinski definition) is 2. The molecule has 1 aliphatic heterocycles. The van der Waals surface area contributed by atoms with Crippen molar-refractivity contribution in [2.45, 2.75) is 12.3 Å². The van der Waals surface area contributed by atoms with Crippen molar-refractivity contribution in [2.24, 2.45) is 0 Å². The summed E-state index contributed by atoms with van der Waals surface area (Å²) in [6.45, 7) is -0.159. The molecule has 68 valence electrons. The minimum atomic E-state index is -2.66. The van der Waals surface area contributed by atoms with E-state index in [9.17, 15) is 13.6 Å². The van der Waals surface area contributed by atoms with Crippen molar-refractivity contribution in [3.05, 3.63) is 12.3 Å². The highest BCUT2D eigenvalue weighted by Gasteiger charge is 2.36. The van der Waals surface area contributed by atoms with E-state index in [4.69, 9.17) is 5.11 Å². The molecule has 0 aromatic carbocycles. The topological polar surface area (TPSA) is 40.5 Å². The van der Waals surface area contributed by atoms with Gasteiger partial charge < -0.3 is 10.0 Å². The molecule has 1 saturated heterocycles. The lowest BCUT2D eigenvalue weighted by Gasteiger charge is -2.11. The molecular weight excluding hydrogens is 168 g/mol. The predicted molar refractivity (Wildman–Crippen MR) is 37.9 cm³/mol. The molecule has 1 fully saturated rings. The van der Waals surface area contributed by atoms with Crippen LogP contribution in [0.15, 0.2) is 12.3 Å². The molecule has 1 rings (SSSR count). The molecule has 0 aliphatic carbocycles. The van der Waals surface area contributed by atoms with Gasteiger partial charge in [-0.3, -0.25) is 0 Å². The molecule has 0 atom stereocenters. The monoisotopic (exact) mass is 177 g/mol. The van der Waals surface area contributed by atoms with E-state index in [-0.39, 0.29) is 19.5 Å². The lowest BCUT2D eigenvalue weighted by atomic mass is 10.3. The van der Waals surface area contributed by atoms with E-state index in [1.807, 2.05) is 0 Å². The van der Waals surface area contributed by atoms with Crippen LogP contribution in [0.2, 0.25) is 0 Å². The Morgan fingerprint density at radius 3 is 2.67 bits per heavy atom. The Morgan fingerprint density at radius 2 is 2.25 bits per heavy atom. The molecule has 0 spiro atoms. The maximum Gasteiger partial charge on any atom is 0.329 e. The largest absolute Gasteiger partial charge is 0.478 e. The van der Waals surface area contributed by atoms with Crippen LogP contribution in [0.25, 0.3) is 0 Å². The fraction of sp³-hybridized carbons (Fsp3) is 0.571. The van der Waals surface area contributed by atoms with Gasteiger partial charge in [0.1, 0.15) is 0 Å². The zero-order chi connectivity index (χ0) is 9.19. The summed E-state index contributed by atoms with van der Waals surface area (Å²) in [6, 6.07) is 0. The van der Waals surface area contributed by atoms with Gasteiger partial charge >= 0.3 is 5.97 Å². The van der Waals surface area contributed by atoms with Crippen LogP contribution in [-0.4, -0.2) is 35.0 Å². The van der Waals surface area contributed by atoms with Gasteiger partial charge in [0.2, 0.25) is 0 Å². The smallest absolute Gasteiger partial charge is 0.329 e. The first-order valence-corrected chi connectivity index (χ1v) is 3.53. The Hall–Kier alpha value is -1.13. The lowest BCUT2D eigenvalue weighted by Crippen LogP contribution is -2.21. The zero-order valence-electron chi connectivity index (χ0n) is 6.33. The van der Waals surface area contributed by atoms with Crippen molar-refractivity contribution in [2.75, 3.05) is 13.1 Å². The lowest BCUT2D eigenvalue weighted by molar-refractivity contribution is -0.131. The van der Waals surface area contributed by atoms with Crippen LogP contribution >= 0.6 is 0 Å². The quantitative estimate of drug-likeness (QED) is 0.638. The average Bonchev–Trinajstić information content (AvgIpc) is 2.26. The predicted octanol–water partition coefficient (Wildman–Crippen LogP) is 0.926. The SMILES string of the molecule is O=C(O)/C=C/N1CCC(F)(F)C1. The molecule has 1 N–H and O–H groups in total. The molecule has 5 heteroatoms. The van der Waals surface area contributed by atoms with Crippen LogP contribution in [0.1, 0.15) is 6.42 Å². The molecule has 1 heterocycles. The average molecular weight is 177 g/mol. The van der Waals surface area contributed by atoms with Gasteiger partial charge in [-0.05, 0) is 0 Å². The molecule has 0 amide bonds. The van der Waals surface area contributed by atoms with Gasteiger partial charge in [-0.2, -0.15) is 0 Å². The molecule has 3 nitrogen and oxygen atoms in total. The van der Waals surface area contributed by atoms with Crippen molar-refractivity contribution >= 4 is 5.97 Å². The molecule has 0 aromatic heterocycles. The number of alkyl halides is 2. The first kappa shape index (κ1) is 8.96. The second-order valence-electron chi connectivity index (χ2n) is 2.73. The summed E-state index contributed by atoms with van der Waals surface area (Å²) in [4.78, 5) is 11.3. The van der Waals surface area contributed by atoms with E-state index in [2.05, 4.69) is 0 Å². The number of likely N-dealkylation sites (tertiary alicyclic amines) is 1. The number of hydrogen-bond donors (Lipinski definition) is 1. The number of halogens is 2. The highest BCUT2D eigenvalue weighted by molar-refractivity contribution is 5.79. The molecule has 0 saturated carbocycles. The Kier molecular flexibility index (Phi) is 2.30. The maximum atomic E-state index is 12.5. The van der Waals surface area contributed by atoms with Crippen LogP contribution in [0.3, 0.4) is 0 Å². The van der Waals surface area contributed by atoms with E-state index in [0.717, 1.165) is 6.08 Å². The van der Waals surface area contributed by atoms with Gasteiger partial charge in [0.15, 0.2) is 0 Å². The highest BCUT2D eigenvalue weighted by atomic mass is 19.3. The fourth-order valence-electron chi connectivity index (χ4n) is 1.06. The van der Waals surface area contributed by atoms with Crippen molar-refractivity contribution < 1.29 is 18.7 Å². The van der Waals surface area contributed by atoms with Crippen LogP contribution in [-0.2, 0) is 4.79 Å². The molecule has 0 unspecified atom stereocenters. The second-order valence-corrected chi connectivity index (χ2v) is 2.73. The summed E-state index contributed by atoms with van der Waals surface area (Å²) in [5, 5.41) is 8.20. The number of carboxylic acids is 1. The van der Waals surface area contributed by atoms with Crippen molar-refractivity contribution in [1.82, 2.24) is 4.90 Å². The van der Waals surface area contributed by atoms with Crippen molar-refractivity contribution in [1.29, 1.82) is 0 Å². The standard InChI is InChI=1S/C7H9F2NO2/c8-7(9)2-4-10(5-7)3-1-6(11)12/h1,3H,2,4-5H2,(H,11,12)/b3-1+. The maximum absolute atomic E-state index is 12.5. The Labute approximate surface area is 68.3 Å². The van der Waals surface area contributed by atoms with Crippen LogP contribution in [0.5, 0.6) is 0 Å². The number of nitrogens with zero attached hydrogens (tertiary/aromatic N) is 1. The summed E-state index contributed by atoms with van der Waals surface area (Å²) in [5.74, 6) is -3.78. The minimum Gasteiger partial charge on any atom is -0.478 e. The van der Waals surface area contributed by atoms with Crippen LogP contribution in [0.4, 0.5) is 8.78 Å². The van der Waals surface area contributed by atoms with Gasteiger partial charge in [-0.25, -0.2) is 13.6 Å². The fourth-order valence-corrected chi connectivity index (χ4v) is 1.06. The first-order valence-electron chi connectivity index (χ1n) is 3.53. The summed E-state index contributed by atoms with van der Waals surface area (Å²) in [6.07, 6.45) is 1.85. The molecule has 0 aromatic rings. The zero-order valence-corrected chi connectivity index (χ0v) is 6.33. The Morgan fingerprint density at radius 1 is 1.58 bits per heavy atom. The normalized spacial score (nSPS) is 22.0. The Bertz CT molecular complexity index is 215. The van der Waals surface area contributed by atoms with E-state index < -0.39 is 11.9 Å². The van der Waals surface area contributed by atoms with E-state index in [1.165, 1.54) is 11.1 Å². The van der Waals surface area contributed by atoms with Gasteiger partial charge in [0.25, 0.3) is 5.92 Å². The summed E-state index contributed by atoms with van der Waals surface area (Å²) in [7, 11) is 0. The number of carbonyl (C=O) groups is 1. The van der Waals surface area contributed by atoms with E-state index in [0.29, 0.717) is 0 Å². The van der Waals surface area contributed by atoms with Crippen LogP contribution in [0, 0.1) is 0 Å². The highest BCUT2D eigenvalue weighted by Crippen LogP contribution is 2.26. The molecular formula is C7H9F2NO2. The van der Waals surface area contributed by atoms with E-state index >= 15 is 0 Å². The third kappa shape index (κ3) is 2.48. The first-order chi connectivity index (χ1) is 5.49. The van der Waals surface area contributed by atoms with E-state index in [1.54, 1.807) is 0 Å².